The lowest BCUT2D eigenvalue weighted by Gasteiger charge is -2.14. The first-order valence-electron chi connectivity index (χ1n) is 6.01. The van der Waals surface area contributed by atoms with Crippen LogP contribution in [-0.4, -0.2) is 29.7 Å². The number of hydrogen-bond donors (Lipinski definition) is 2. The topological polar surface area (TPSA) is 66.4 Å². The molecule has 116 valence electrons. The molecule has 1 aromatic carbocycles. The van der Waals surface area contributed by atoms with E-state index >= 15 is 0 Å². The van der Waals surface area contributed by atoms with Gasteiger partial charge in [-0.05, 0) is 17.7 Å². The van der Waals surface area contributed by atoms with Gasteiger partial charge in [-0.2, -0.15) is 13.2 Å². The number of rotatable bonds is 6. The summed E-state index contributed by atoms with van der Waals surface area (Å²) < 4.78 is 48.6. The Hall–Kier alpha value is -2.12. The molecule has 0 aliphatic carbocycles. The van der Waals surface area contributed by atoms with Gasteiger partial charge in [0.05, 0.1) is 12.3 Å². The van der Waals surface area contributed by atoms with Crippen LogP contribution < -0.4 is 5.32 Å². The van der Waals surface area contributed by atoms with Crippen LogP contribution in [0.1, 0.15) is 24.3 Å². The lowest BCUT2D eigenvalue weighted by Crippen LogP contribution is -2.32. The molecule has 0 aliphatic rings. The van der Waals surface area contributed by atoms with E-state index in [-0.39, 0.29) is 12.1 Å². The molecule has 1 unspecified atom stereocenters. The van der Waals surface area contributed by atoms with E-state index in [2.05, 4.69) is 5.32 Å². The second-order valence-corrected chi connectivity index (χ2v) is 4.36. The van der Waals surface area contributed by atoms with E-state index in [4.69, 9.17) is 5.11 Å². The normalized spacial score (nSPS) is 12.8. The summed E-state index contributed by atoms with van der Waals surface area (Å²) in [6, 6.07) is 4.62. The molecular weight excluding hydrogens is 294 g/mol. The van der Waals surface area contributed by atoms with E-state index in [9.17, 15) is 27.2 Å². The van der Waals surface area contributed by atoms with Crippen LogP contribution in [0.3, 0.4) is 0 Å². The van der Waals surface area contributed by atoms with E-state index in [1.165, 1.54) is 12.1 Å². The van der Waals surface area contributed by atoms with E-state index < -0.39 is 42.6 Å². The van der Waals surface area contributed by atoms with Gasteiger partial charge in [0.15, 0.2) is 0 Å². The van der Waals surface area contributed by atoms with E-state index in [0.29, 0.717) is 0 Å². The van der Waals surface area contributed by atoms with Crippen molar-refractivity contribution in [1.82, 2.24) is 5.32 Å². The van der Waals surface area contributed by atoms with Crippen LogP contribution in [0.5, 0.6) is 0 Å². The van der Waals surface area contributed by atoms with Crippen LogP contribution in [0.15, 0.2) is 24.3 Å². The van der Waals surface area contributed by atoms with E-state index in [1.54, 1.807) is 0 Å². The first-order chi connectivity index (χ1) is 9.69. The van der Waals surface area contributed by atoms with Crippen molar-refractivity contribution in [2.45, 2.75) is 24.9 Å². The minimum atomic E-state index is -4.44. The molecule has 0 saturated carbocycles. The molecule has 21 heavy (non-hydrogen) atoms. The molecule has 0 heterocycles. The van der Waals surface area contributed by atoms with Crippen molar-refractivity contribution in [3.63, 3.8) is 0 Å². The minimum Gasteiger partial charge on any atom is -0.481 e. The molecule has 8 heteroatoms. The highest BCUT2D eigenvalue weighted by Gasteiger charge is 2.28. The highest BCUT2D eigenvalue weighted by molar-refractivity contribution is 5.79. The average molecular weight is 307 g/mol. The fourth-order valence-electron chi connectivity index (χ4n) is 1.60. The second-order valence-electron chi connectivity index (χ2n) is 4.36. The summed E-state index contributed by atoms with van der Waals surface area (Å²) in [5.74, 6) is -3.85. The molecular formula is C13H13F4NO3. The van der Waals surface area contributed by atoms with Gasteiger partial charge in [0.25, 0.3) is 0 Å². The molecule has 1 amide bonds. The van der Waals surface area contributed by atoms with Gasteiger partial charge >= 0.3 is 12.1 Å². The summed E-state index contributed by atoms with van der Waals surface area (Å²) in [7, 11) is 0. The summed E-state index contributed by atoms with van der Waals surface area (Å²) in [5, 5.41) is 11.2. The lowest BCUT2D eigenvalue weighted by molar-refractivity contribution is -0.144. The molecule has 4 nitrogen and oxygen atoms in total. The van der Waals surface area contributed by atoms with Crippen LogP contribution >= 0.6 is 0 Å². The maximum Gasteiger partial charge on any atom is 0.389 e. The number of carbonyl (C=O) groups excluding carboxylic acids is 1. The maximum absolute atomic E-state index is 12.8. The molecule has 1 rings (SSSR count). The Labute approximate surface area is 117 Å². The van der Waals surface area contributed by atoms with Crippen LogP contribution in [0, 0.1) is 5.82 Å². The third kappa shape index (κ3) is 6.24. The van der Waals surface area contributed by atoms with Crippen LogP contribution in [0.25, 0.3) is 0 Å². The first-order valence-corrected chi connectivity index (χ1v) is 6.01. The lowest BCUT2D eigenvalue weighted by atomic mass is 9.99. The monoisotopic (exact) mass is 307 g/mol. The molecule has 0 radical (unpaired) electrons. The summed E-state index contributed by atoms with van der Waals surface area (Å²) in [6.07, 6.45) is -6.48. The van der Waals surface area contributed by atoms with Gasteiger partial charge in [0, 0.05) is 13.0 Å². The van der Waals surface area contributed by atoms with Crippen molar-refractivity contribution in [2.75, 3.05) is 6.54 Å². The highest BCUT2D eigenvalue weighted by Crippen LogP contribution is 2.21. The summed E-state index contributed by atoms with van der Waals surface area (Å²) in [5.41, 5.74) is 0.250. The molecule has 0 bridgehead atoms. The van der Waals surface area contributed by atoms with Gasteiger partial charge in [-0.3, -0.25) is 9.59 Å². The van der Waals surface area contributed by atoms with Crippen molar-refractivity contribution in [2.24, 2.45) is 0 Å². The Balaban J connectivity index is 2.58. The molecule has 0 fully saturated rings. The van der Waals surface area contributed by atoms with Crippen molar-refractivity contribution in [1.29, 1.82) is 0 Å². The van der Waals surface area contributed by atoms with Gasteiger partial charge in [0.2, 0.25) is 5.91 Å². The SMILES string of the molecule is O=C(CCC(F)(F)F)NCC(C(=O)O)c1ccc(F)cc1. The van der Waals surface area contributed by atoms with Crippen LogP contribution in [-0.2, 0) is 9.59 Å². The predicted molar refractivity (Wildman–Crippen MR) is 65.1 cm³/mol. The van der Waals surface area contributed by atoms with E-state index in [0.717, 1.165) is 12.1 Å². The van der Waals surface area contributed by atoms with Gasteiger partial charge in [-0.15, -0.1) is 0 Å². The predicted octanol–water partition coefficient (Wildman–Crippen LogP) is 2.45. The third-order valence-corrected chi connectivity index (χ3v) is 2.71. The standard InChI is InChI=1S/C13H13F4NO3/c14-9-3-1-8(2-4-9)10(12(20)21)7-18-11(19)5-6-13(15,16)17/h1-4,10H,5-7H2,(H,18,19)(H,20,21). The number of nitrogens with one attached hydrogen (secondary N) is 1. The Morgan fingerprint density at radius 1 is 1.19 bits per heavy atom. The Morgan fingerprint density at radius 3 is 2.24 bits per heavy atom. The smallest absolute Gasteiger partial charge is 0.389 e. The number of hydrogen-bond acceptors (Lipinski definition) is 2. The fourth-order valence-corrected chi connectivity index (χ4v) is 1.60. The van der Waals surface area contributed by atoms with Crippen molar-refractivity contribution in [3.8, 4) is 0 Å². The largest absolute Gasteiger partial charge is 0.481 e. The number of carbonyl (C=O) groups is 2. The summed E-state index contributed by atoms with van der Waals surface area (Å²) in [4.78, 5) is 22.3. The zero-order chi connectivity index (χ0) is 16.0. The third-order valence-electron chi connectivity index (χ3n) is 2.71. The second kappa shape index (κ2) is 7.05. The quantitative estimate of drug-likeness (QED) is 0.793. The molecule has 1 aromatic rings. The Bertz CT molecular complexity index is 499. The maximum atomic E-state index is 12.8. The molecule has 0 saturated heterocycles. The molecule has 0 aromatic heterocycles. The molecule has 1 atom stereocenters. The number of benzene rings is 1. The number of carboxylic acid groups (broad SMARTS) is 1. The minimum absolute atomic E-state index is 0.250. The van der Waals surface area contributed by atoms with Crippen molar-refractivity contribution in [3.05, 3.63) is 35.6 Å². The summed E-state index contributed by atoms with van der Waals surface area (Å²) >= 11 is 0. The number of halogens is 4. The zero-order valence-electron chi connectivity index (χ0n) is 10.8. The average Bonchev–Trinajstić information content (AvgIpc) is 2.37. The highest BCUT2D eigenvalue weighted by atomic mass is 19.4. The Morgan fingerprint density at radius 2 is 1.76 bits per heavy atom. The number of amides is 1. The fraction of sp³-hybridized carbons (Fsp3) is 0.385. The first kappa shape index (κ1) is 16.9. The zero-order valence-corrected chi connectivity index (χ0v) is 10.8. The van der Waals surface area contributed by atoms with E-state index in [1.807, 2.05) is 0 Å². The number of alkyl halides is 3. The summed E-state index contributed by atoms with van der Waals surface area (Å²) in [6.45, 7) is -0.363. The van der Waals surface area contributed by atoms with Gasteiger partial charge in [-0.1, -0.05) is 12.1 Å². The molecule has 0 aliphatic heterocycles. The van der Waals surface area contributed by atoms with Crippen LogP contribution in [0.2, 0.25) is 0 Å². The number of aliphatic carboxylic acids is 1. The molecule has 2 N–H and O–H groups in total. The molecule has 0 spiro atoms. The van der Waals surface area contributed by atoms with Gasteiger partial charge in [0.1, 0.15) is 5.82 Å². The van der Waals surface area contributed by atoms with Gasteiger partial charge in [-0.25, -0.2) is 4.39 Å². The number of carboxylic acids is 1. The Kier molecular flexibility index (Phi) is 5.69. The van der Waals surface area contributed by atoms with Crippen molar-refractivity contribution < 1.29 is 32.3 Å². The van der Waals surface area contributed by atoms with Crippen molar-refractivity contribution >= 4 is 11.9 Å². The van der Waals surface area contributed by atoms with Gasteiger partial charge < -0.3 is 10.4 Å². The van der Waals surface area contributed by atoms with Crippen LogP contribution in [0.4, 0.5) is 17.6 Å².